The van der Waals surface area contributed by atoms with Crippen LogP contribution in [0.25, 0.3) is 32.3 Å². The molecular formula is C69H110O9. The van der Waals surface area contributed by atoms with E-state index in [0.29, 0.717) is 80.0 Å². The van der Waals surface area contributed by atoms with Crippen LogP contribution in [0.4, 0.5) is 0 Å². The van der Waals surface area contributed by atoms with Gasteiger partial charge in [-0.2, -0.15) is 0 Å². The minimum absolute atomic E-state index is 0.159. The number of unbranched alkanes of at least 4 members (excludes halogenated alkanes) is 28. The van der Waals surface area contributed by atoms with Gasteiger partial charge in [0.05, 0.1) is 33.0 Å². The molecule has 0 spiro atoms. The maximum atomic E-state index is 14.5. The van der Waals surface area contributed by atoms with Gasteiger partial charge in [-0.05, 0) is 102 Å². The molecule has 440 valence electrons. The molecule has 0 N–H and O–H groups in total. The highest BCUT2D eigenvalue weighted by molar-refractivity contribution is 6.29. The summed E-state index contributed by atoms with van der Waals surface area (Å²) in [7, 11) is 0. The number of hydrogen-bond donors (Lipinski definition) is 0. The Kier molecular flexibility index (Phi) is 35.3. The topological polar surface area (TPSA) is 98.8 Å². The number of benzene rings is 4. The number of esters is 2. The quantitative estimate of drug-likeness (QED) is 0.0185. The van der Waals surface area contributed by atoms with E-state index in [0.717, 1.165) is 155 Å². The van der Waals surface area contributed by atoms with Gasteiger partial charge in [-0.1, -0.05) is 228 Å². The van der Waals surface area contributed by atoms with Crippen molar-refractivity contribution in [2.24, 2.45) is 0 Å². The molecular weight excluding hydrogens is 973 g/mol. The number of ether oxygens (including phenoxy) is 7. The van der Waals surface area contributed by atoms with Gasteiger partial charge in [0.15, 0.2) is 34.5 Å². The Bertz CT molecular complexity index is 2200. The highest BCUT2D eigenvalue weighted by Gasteiger charge is 2.28. The van der Waals surface area contributed by atoms with E-state index in [1.807, 2.05) is 6.07 Å². The molecule has 4 aromatic carbocycles. The van der Waals surface area contributed by atoms with E-state index in [4.69, 9.17) is 33.2 Å². The van der Waals surface area contributed by atoms with Crippen molar-refractivity contribution < 1.29 is 42.7 Å². The maximum Gasteiger partial charge on any atom is 0.311 e. The number of hydrogen-bond acceptors (Lipinski definition) is 9. The molecule has 0 saturated heterocycles. The fourth-order valence-electron chi connectivity index (χ4n) is 10.4. The summed E-state index contributed by atoms with van der Waals surface area (Å²) in [6.45, 7) is 18.3. The van der Waals surface area contributed by atoms with Gasteiger partial charge in [0.25, 0.3) is 0 Å². The van der Waals surface area contributed by atoms with Crippen molar-refractivity contribution in [3.63, 3.8) is 0 Å². The van der Waals surface area contributed by atoms with Gasteiger partial charge < -0.3 is 33.2 Å². The minimum atomic E-state index is -0.367. The molecule has 0 amide bonds. The lowest BCUT2D eigenvalue weighted by molar-refractivity contribution is -0.137. The molecule has 0 heterocycles. The standard InChI is InChI=1S/C69H110O9/c1-8-15-22-29-36-43-65(70)77-68-64(76-49-42-35-28-21-14-7)54-59-57-52-61(73-46-39-32-25-18-11-4)60(72-45-38-31-24-17-10-3)50-55(57)56-51-62(74-47-40-33-26-19-12-5)63(75-48-41-34-27-20-13-6)53-58(56)67(59)69(68)78-66(71)44-37-30-23-16-9-2/h50-54H,8-49H2,1-7H3. The minimum Gasteiger partial charge on any atom is -0.490 e. The number of fused-ring (bicyclic) bond motifs is 6. The van der Waals surface area contributed by atoms with Crippen LogP contribution in [-0.2, 0) is 9.59 Å². The smallest absolute Gasteiger partial charge is 0.311 e. The van der Waals surface area contributed by atoms with E-state index in [1.54, 1.807) is 0 Å². The molecule has 4 aromatic rings. The van der Waals surface area contributed by atoms with Crippen LogP contribution in [0.2, 0.25) is 0 Å². The highest BCUT2D eigenvalue weighted by atomic mass is 16.6. The van der Waals surface area contributed by atoms with Crippen LogP contribution in [0, 0.1) is 0 Å². The SMILES string of the molecule is CCCCCCCOc1cc2c3cc(OCCCCCCC)c(OCCCCCCC)cc3c3c(OC(=O)CCCCCCC)c(OC(=O)CCCCCCC)c(OCCCCCCC)cc3c2cc1OCCCCCCC. The molecule has 0 unspecified atom stereocenters. The number of rotatable bonds is 49. The average Bonchev–Trinajstić information content (AvgIpc) is 3.62. The summed E-state index contributed by atoms with van der Waals surface area (Å²) in [6.07, 6.45) is 38.1. The highest BCUT2D eigenvalue weighted by Crippen LogP contribution is 2.52. The van der Waals surface area contributed by atoms with Crippen molar-refractivity contribution >= 4 is 44.3 Å². The first-order valence-corrected chi connectivity index (χ1v) is 32.5. The van der Waals surface area contributed by atoms with Gasteiger partial charge in [-0.3, -0.25) is 9.59 Å². The lowest BCUT2D eigenvalue weighted by atomic mass is 9.92. The number of carbonyl (C=O) groups excluding carboxylic acids is 2. The van der Waals surface area contributed by atoms with E-state index in [1.165, 1.54) is 83.5 Å². The summed E-state index contributed by atoms with van der Waals surface area (Å²) >= 11 is 0. The zero-order chi connectivity index (χ0) is 55.8. The van der Waals surface area contributed by atoms with Gasteiger partial charge in [-0.25, -0.2) is 0 Å². The second-order valence-electron chi connectivity index (χ2n) is 22.2. The predicted octanol–water partition coefficient (Wildman–Crippen LogP) is 21.4. The van der Waals surface area contributed by atoms with Crippen molar-refractivity contribution in [3.8, 4) is 40.2 Å². The molecule has 0 bridgehead atoms. The largest absolute Gasteiger partial charge is 0.490 e. The molecule has 9 heteroatoms. The average molecular weight is 1080 g/mol. The van der Waals surface area contributed by atoms with Crippen LogP contribution in [0.5, 0.6) is 40.2 Å². The molecule has 0 aromatic heterocycles. The van der Waals surface area contributed by atoms with Crippen molar-refractivity contribution in [1.82, 2.24) is 0 Å². The van der Waals surface area contributed by atoms with E-state index >= 15 is 0 Å². The summed E-state index contributed by atoms with van der Waals surface area (Å²) < 4.78 is 47.2. The van der Waals surface area contributed by atoms with E-state index in [2.05, 4.69) is 72.7 Å². The summed E-state index contributed by atoms with van der Waals surface area (Å²) in [4.78, 5) is 28.7. The molecule has 0 fully saturated rings. The van der Waals surface area contributed by atoms with Crippen molar-refractivity contribution in [2.45, 2.75) is 286 Å². The zero-order valence-electron chi connectivity index (χ0n) is 50.8. The monoisotopic (exact) mass is 1080 g/mol. The molecule has 0 aliphatic rings. The normalized spacial score (nSPS) is 11.5. The molecule has 0 saturated carbocycles. The van der Waals surface area contributed by atoms with Crippen molar-refractivity contribution in [1.29, 1.82) is 0 Å². The van der Waals surface area contributed by atoms with Gasteiger partial charge in [-0.15, -0.1) is 0 Å². The molecule has 78 heavy (non-hydrogen) atoms. The van der Waals surface area contributed by atoms with E-state index in [9.17, 15) is 9.59 Å². The van der Waals surface area contributed by atoms with Crippen LogP contribution in [-0.4, -0.2) is 45.0 Å². The third-order valence-corrected chi connectivity index (χ3v) is 15.1. The Morgan fingerprint density at radius 3 is 0.808 bits per heavy atom. The Morgan fingerprint density at radius 1 is 0.269 bits per heavy atom. The fourth-order valence-corrected chi connectivity index (χ4v) is 10.4. The van der Waals surface area contributed by atoms with Gasteiger partial charge in [0.2, 0.25) is 5.75 Å². The second-order valence-corrected chi connectivity index (χ2v) is 22.2. The fraction of sp³-hybridized carbons (Fsp3) is 0.710. The van der Waals surface area contributed by atoms with E-state index < -0.39 is 0 Å². The first-order chi connectivity index (χ1) is 38.3. The van der Waals surface area contributed by atoms with Gasteiger partial charge in [0.1, 0.15) is 0 Å². The summed E-state index contributed by atoms with van der Waals surface area (Å²) in [5, 5.41) is 5.00. The number of carbonyl (C=O) groups is 2. The van der Waals surface area contributed by atoms with Crippen LogP contribution < -0.4 is 33.2 Å². The first-order valence-electron chi connectivity index (χ1n) is 32.5. The third-order valence-electron chi connectivity index (χ3n) is 15.1. The molecule has 9 nitrogen and oxygen atoms in total. The van der Waals surface area contributed by atoms with Crippen LogP contribution in [0.3, 0.4) is 0 Å². The molecule has 0 atom stereocenters. The predicted molar refractivity (Wildman–Crippen MR) is 328 cm³/mol. The van der Waals surface area contributed by atoms with Crippen LogP contribution in [0.15, 0.2) is 30.3 Å². The summed E-state index contributed by atoms with van der Waals surface area (Å²) in [5.74, 6) is 2.74. The van der Waals surface area contributed by atoms with Crippen LogP contribution in [0.1, 0.15) is 286 Å². The Morgan fingerprint density at radius 2 is 0.500 bits per heavy atom. The Balaban J connectivity index is 2.12. The lowest BCUT2D eigenvalue weighted by Gasteiger charge is -2.22. The van der Waals surface area contributed by atoms with Crippen LogP contribution >= 0.6 is 0 Å². The van der Waals surface area contributed by atoms with Crippen molar-refractivity contribution in [2.75, 3.05) is 33.0 Å². The second kappa shape index (κ2) is 41.6. The molecule has 4 rings (SSSR count). The maximum absolute atomic E-state index is 14.5. The van der Waals surface area contributed by atoms with Gasteiger partial charge >= 0.3 is 11.9 Å². The summed E-state index contributed by atoms with van der Waals surface area (Å²) in [6, 6.07) is 10.5. The van der Waals surface area contributed by atoms with Gasteiger partial charge in [0, 0.05) is 18.2 Å². The summed E-state index contributed by atoms with van der Waals surface area (Å²) in [5.41, 5.74) is 0. The molecule has 0 aliphatic heterocycles. The molecule has 0 radical (unpaired) electrons. The first kappa shape index (κ1) is 66.1. The zero-order valence-corrected chi connectivity index (χ0v) is 50.8. The van der Waals surface area contributed by atoms with E-state index in [-0.39, 0.29) is 36.3 Å². The Hall–Kier alpha value is -4.40. The van der Waals surface area contributed by atoms with Crippen molar-refractivity contribution in [3.05, 3.63) is 30.3 Å². The lowest BCUT2D eigenvalue weighted by Crippen LogP contribution is -2.14. The Labute approximate surface area is 474 Å². The molecule has 0 aliphatic carbocycles. The third kappa shape index (κ3) is 24.1.